The van der Waals surface area contributed by atoms with Crippen molar-refractivity contribution in [3.8, 4) is 0 Å². The number of nitrogens with one attached hydrogen (secondary N) is 1. The van der Waals surface area contributed by atoms with Crippen LogP contribution in [0.25, 0.3) is 0 Å². The molecule has 0 saturated carbocycles. The summed E-state index contributed by atoms with van der Waals surface area (Å²) in [6, 6.07) is 5.86. The van der Waals surface area contributed by atoms with Crippen LogP contribution in [0.3, 0.4) is 0 Å². The predicted octanol–water partition coefficient (Wildman–Crippen LogP) is 0.939. The first-order valence-electron chi connectivity index (χ1n) is 5.51. The molecule has 0 spiro atoms. The van der Waals surface area contributed by atoms with Crippen molar-refractivity contribution in [1.82, 2.24) is 15.5 Å². The second-order valence-electron chi connectivity index (χ2n) is 3.69. The molecule has 1 atom stereocenters. The maximum atomic E-state index is 10.5. The summed E-state index contributed by atoms with van der Waals surface area (Å²) >= 11 is 0. The topological polar surface area (TPSA) is 120 Å². The molecule has 104 valence electrons. The molecule has 1 aromatic carbocycles. The number of non-ortho nitro benzene ring substituents is 1. The van der Waals surface area contributed by atoms with E-state index in [2.05, 4.69) is 20.0 Å². The maximum absolute atomic E-state index is 10.5. The molecule has 0 bridgehead atoms. The van der Waals surface area contributed by atoms with Crippen molar-refractivity contribution < 1.29 is 19.0 Å². The van der Waals surface area contributed by atoms with Gasteiger partial charge in [-0.3, -0.25) is 14.9 Å². The number of aromatic nitrogens is 2. The van der Waals surface area contributed by atoms with Gasteiger partial charge < -0.3 is 14.6 Å². The summed E-state index contributed by atoms with van der Waals surface area (Å²) in [6.07, 6.45) is 0.724. The van der Waals surface area contributed by atoms with Gasteiger partial charge in [-0.15, -0.1) is 0 Å². The Hall–Kier alpha value is -2.81. The third-order valence-corrected chi connectivity index (χ3v) is 2.40. The fourth-order valence-corrected chi connectivity index (χ4v) is 1.45. The van der Waals surface area contributed by atoms with Crippen LogP contribution in [0.1, 0.15) is 17.6 Å². The molecule has 2 aromatic rings. The second-order valence-corrected chi connectivity index (χ2v) is 3.69. The first-order valence-corrected chi connectivity index (χ1v) is 5.51. The number of amides is 1. The molecule has 0 aliphatic carbocycles. The first-order chi connectivity index (χ1) is 9.70. The van der Waals surface area contributed by atoms with Crippen LogP contribution in [0.5, 0.6) is 0 Å². The summed E-state index contributed by atoms with van der Waals surface area (Å²) in [5, 5.41) is 16.5. The zero-order chi connectivity index (χ0) is 14.4. The molecule has 0 radical (unpaired) electrons. The summed E-state index contributed by atoms with van der Waals surface area (Å²) in [6.45, 7) is 0.123. The van der Waals surface area contributed by atoms with Crippen LogP contribution in [0.4, 0.5) is 5.69 Å². The average molecular weight is 278 g/mol. The predicted molar refractivity (Wildman–Crippen MR) is 64.1 cm³/mol. The van der Waals surface area contributed by atoms with E-state index in [9.17, 15) is 14.9 Å². The molecule has 20 heavy (non-hydrogen) atoms. The molecule has 1 unspecified atom stereocenters. The molecule has 0 saturated heterocycles. The number of nitro groups is 1. The summed E-state index contributed by atoms with van der Waals surface area (Å²) in [5.41, 5.74) is 0.700. The minimum atomic E-state index is -0.846. The van der Waals surface area contributed by atoms with Gasteiger partial charge in [0.2, 0.25) is 18.6 Å². The molecule has 1 heterocycles. The molecular weight excluding hydrogens is 268 g/mol. The highest BCUT2D eigenvalue weighted by molar-refractivity contribution is 5.46. The Balaban J connectivity index is 1.98. The third-order valence-electron chi connectivity index (χ3n) is 2.40. The monoisotopic (exact) mass is 278 g/mol. The van der Waals surface area contributed by atoms with Crippen molar-refractivity contribution >= 4 is 12.1 Å². The summed E-state index contributed by atoms with van der Waals surface area (Å²) in [4.78, 5) is 24.3. The average Bonchev–Trinajstić information content (AvgIpc) is 2.98. The van der Waals surface area contributed by atoms with Gasteiger partial charge in [0, 0.05) is 12.1 Å². The van der Waals surface area contributed by atoms with Crippen LogP contribution in [0.15, 0.2) is 35.2 Å². The number of hydrogen-bond acceptors (Lipinski definition) is 7. The Bertz CT molecular complexity index is 569. The van der Waals surface area contributed by atoms with Gasteiger partial charge in [-0.25, -0.2) is 0 Å². The fourth-order valence-electron chi connectivity index (χ4n) is 1.45. The van der Waals surface area contributed by atoms with E-state index in [0.717, 1.165) is 6.39 Å². The summed E-state index contributed by atoms with van der Waals surface area (Å²) in [5.74, 6) is 0.180. The smallest absolute Gasteiger partial charge is 0.269 e. The molecular formula is C11H10N4O5. The van der Waals surface area contributed by atoms with E-state index in [1.807, 2.05) is 0 Å². The van der Waals surface area contributed by atoms with Gasteiger partial charge in [-0.05, 0) is 17.7 Å². The molecule has 0 aliphatic rings. The SMILES string of the molecule is O=CNC(OCc1ccc([N+](=O)[O-])cc1)c1ncon1. The van der Waals surface area contributed by atoms with Crippen molar-refractivity contribution in [2.24, 2.45) is 0 Å². The second kappa shape index (κ2) is 6.38. The molecule has 2 rings (SSSR count). The van der Waals surface area contributed by atoms with E-state index >= 15 is 0 Å². The van der Waals surface area contributed by atoms with Gasteiger partial charge in [0.15, 0.2) is 6.23 Å². The first kappa shape index (κ1) is 13.6. The van der Waals surface area contributed by atoms with Crippen LogP contribution in [0.2, 0.25) is 0 Å². The number of hydrogen-bond donors (Lipinski definition) is 1. The maximum Gasteiger partial charge on any atom is 0.269 e. The number of rotatable bonds is 7. The molecule has 1 amide bonds. The quantitative estimate of drug-likeness (QED) is 0.346. The normalized spacial score (nSPS) is 11.8. The third kappa shape index (κ3) is 3.36. The number of nitro benzene ring substituents is 1. The highest BCUT2D eigenvalue weighted by Crippen LogP contribution is 2.15. The van der Waals surface area contributed by atoms with E-state index < -0.39 is 11.2 Å². The van der Waals surface area contributed by atoms with Crippen molar-refractivity contribution in [3.63, 3.8) is 0 Å². The Morgan fingerprint density at radius 3 is 2.75 bits per heavy atom. The van der Waals surface area contributed by atoms with Crippen LogP contribution in [0, 0.1) is 10.1 Å². The lowest BCUT2D eigenvalue weighted by molar-refractivity contribution is -0.384. The Morgan fingerprint density at radius 2 is 2.20 bits per heavy atom. The minimum Gasteiger partial charge on any atom is -0.346 e. The summed E-state index contributed by atoms with van der Waals surface area (Å²) in [7, 11) is 0. The van der Waals surface area contributed by atoms with Gasteiger partial charge in [-0.1, -0.05) is 5.16 Å². The van der Waals surface area contributed by atoms with Gasteiger partial charge in [0.05, 0.1) is 11.5 Å². The molecule has 9 nitrogen and oxygen atoms in total. The van der Waals surface area contributed by atoms with Gasteiger partial charge >= 0.3 is 0 Å². The Labute approximate surface area is 112 Å². The largest absolute Gasteiger partial charge is 0.346 e. The number of carbonyl (C=O) groups excluding carboxylic acids is 1. The minimum absolute atomic E-state index is 0.00511. The summed E-state index contributed by atoms with van der Waals surface area (Å²) < 4.78 is 9.98. The molecule has 0 aliphatic heterocycles. The van der Waals surface area contributed by atoms with Crippen LogP contribution in [-0.4, -0.2) is 21.5 Å². The lowest BCUT2D eigenvalue weighted by Gasteiger charge is -2.13. The molecule has 9 heteroatoms. The highest BCUT2D eigenvalue weighted by atomic mass is 16.6. The Morgan fingerprint density at radius 1 is 1.45 bits per heavy atom. The number of ether oxygens (including phenoxy) is 1. The van der Waals surface area contributed by atoms with Crippen molar-refractivity contribution in [1.29, 1.82) is 0 Å². The zero-order valence-corrected chi connectivity index (χ0v) is 10.1. The Kier molecular flexibility index (Phi) is 4.35. The molecule has 1 aromatic heterocycles. The number of benzene rings is 1. The van der Waals surface area contributed by atoms with E-state index in [-0.39, 0.29) is 18.1 Å². The van der Waals surface area contributed by atoms with E-state index in [1.54, 1.807) is 12.1 Å². The molecule has 1 N–H and O–H groups in total. The van der Waals surface area contributed by atoms with E-state index in [1.165, 1.54) is 12.1 Å². The highest BCUT2D eigenvalue weighted by Gasteiger charge is 2.16. The van der Waals surface area contributed by atoms with Crippen LogP contribution in [-0.2, 0) is 16.1 Å². The van der Waals surface area contributed by atoms with Gasteiger partial charge in [-0.2, -0.15) is 4.98 Å². The lowest BCUT2D eigenvalue weighted by Crippen LogP contribution is -2.23. The van der Waals surface area contributed by atoms with Gasteiger partial charge in [0.1, 0.15) is 0 Å². The van der Waals surface area contributed by atoms with Crippen LogP contribution < -0.4 is 5.32 Å². The van der Waals surface area contributed by atoms with Crippen molar-refractivity contribution in [3.05, 3.63) is 52.2 Å². The standard InChI is InChI=1S/C11H10N4O5/c16-6-12-11(10-13-7-20-14-10)19-5-8-1-3-9(4-2-8)15(17)18/h1-4,6-7,11H,5H2,(H,12,16). The molecule has 0 fully saturated rings. The fraction of sp³-hybridized carbons (Fsp3) is 0.182. The number of nitrogens with zero attached hydrogens (tertiary/aromatic N) is 3. The zero-order valence-electron chi connectivity index (χ0n) is 10.1. The van der Waals surface area contributed by atoms with E-state index in [0.29, 0.717) is 12.0 Å². The van der Waals surface area contributed by atoms with Crippen molar-refractivity contribution in [2.45, 2.75) is 12.8 Å². The van der Waals surface area contributed by atoms with E-state index in [4.69, 9.17) is 4.74 Å². The lowest BCUT2D eigenvalue weighted by atomic mass is 10.2. The number of carbonyl (C=O) groups is 1. The van der Waals surface area contributed by atoms with Crippen molar-refractivity contribution in [2.75, 3.05) is 0 Å². The van der Waals surface area contributed by atoms with Gasteiger partial charge in [0.25, 0.3) is 5.69 Å². The van der Waals surface area contributed by atoms with Crippen LogP contribution >= 0.6 is 0 Å².